The smallest absolute Gasteiger partial charge is 0.125 e. The molecule has 0 amide bonds. The highest BCUT2D eigenvalue weighted by Gasteiger charge is 2.07. The van der Waals surface area contributed by atoms with Gasteiger partial charge in [0.25, 0.3) is 0 Å². The molecular weight excluding hydrogens is 335 g/mol. The molecule has 0 saturated carbocycles. The SMILES string of the molecule is OCc1cc(F)ccc1OCc1ccc(Br)cc1Cl. The van der Waals surface area contributed by atoms with Crippen LogP contribution in [0.15, 0.2) is 40.9 Å². The molecule has 19 heavy (non-hydrogen) atoms. The summed E-state index contributed by atoms with van der Waals surface area (Å²) >= 11 is 9.40. The van der Waals surface area contributed by atoms with E-state index in [0.29, 0.717) is 16.3 Å². The second kappa shape index (κ2) is 6.37. The van der Waals surface area contributed by atoms with Crippen molar-refractivity contribution in [2.75, 3.05) is 0 Å². The molecule has 0 heterocycles. The molecule has 0 saturated heterocycles. The van der Waals surface area contributed by atoms with Crippen molar-refractivity contribution >= 4 is 27.5 Å². The highest BCUT2D eigenvalue weighted by atomic mass is 79.9. The number of benzene rings is 2. The fourth-order valence-electron chi connectivity index (χ4n) is 1.61. The van der Waals surface area contributed by atoms with Gasteiger partial charge < -0.3 is 9.84 Å². The molecular formula is C14H11BrClFO2. The number of halogens is 3. The summed E-state index contributed by atoms with van der Waals surface area (Å²) in [4.78, 5) is 0. The minimum absolute atomic E-state index is 0.255. The second-order valence-electron chi connectivity index (χ2n) is 3.93. The third kappa shape index (κ3) is 3.69. The van der Waals surface area contributed by atoms with E-state index in [-0.39, 0.29) is 13.2 Å². The summed E-state index contributed by atoms with van der Waals surface area (Å²) in [5.74, 6) is 0.0426. The zero-order chi connectivity index (χ0) is 13.8. The molecule has 100 valence electrons. The minimum Gasteiger partial charge on any atom is -0.488 e. The molecule has 0 radical (unpaired) electrons. The Kier molecular flexibility index (Phi) is 4.80. The van der Waals surface area contributed by atoms with Crippen molar-refractivity contribution < 1.29 is 14.2 Å². The summed E-state index contributed by atoms with van der Waals surface area (Å²) in [6, 6.07) is 9.51. The molecule has 0 aliphatic carbocycles. The van der Waals surface area contributed by atoms with Crippen molar-refractivity contribution in [3.8, 4) is 5.75 Å². The summed E-state index contributed by atoms with van der Waals surface area (Å²) in [7, 11) is 0. The van der Waals surface area contributed by atoms with Gasteiger partial charge in [-0.2, -0.15) is 0 Å². The Hall–Kier alpha value is -1.10. The number of hydrogen-bond acceptors (Lipinski definition) is 2. The highest BCUT2D eigenvalue weighted by molar-refractivity contribution is 9.10. The Labute approximate surface area is 123 Å². The first-order chi connectivity index (χ1) is 9.10. The van der Waals surface area contributed by atoms with Crippen LogP contribution < -0.4 is 4.74 Å². The molecule has 0 aliphatic rings. The minimum atomic E-state index is -0.405. The maximum absolute atomic E-state index is 13.0. The molecule has 0 unspecified atom stereocenters. The van der Waals surface area contributed by atoms with E-state index < -0.39 is 5.82 Å². The number of ether oxygens (including phenoxy) is 1. The van der Waals surface area contributed by atoms with E-state index in [4.69, 9.17) is 21.4 Å². The third-order valence-corrected chi connectivity index (χ3v) is 3.44. The van der Waals surface area contributed by atoms with Crippen LogP contribution in [0.1, 0.15) is 11.1 Å². The Balaban J connectivity index is 2.14. The summed E-state index contributed by atoms with van der Waals surface area (Å²) in [6.07, 6.45) is 0. The van der Waals surface area contributed by atoms with Crippen molar-refractivity contribution in [2.45, 2.75) is 13.2 Å². The molecule has 0 spiro atoms. The van der Waals surface area contributed by atoms with E-state index in [1.165, 1.54) is 18.2 Å². The van der Waals surface area contributed by atoms with Crippen molar-refractivity contribution in [1.82, 2.24) is 0 Å². The zero-order valence-electron chi connectivity index (χ0n) is 9.87. The molecule has 0 aromatic heterocycles. The standard InChI is InChI=1S/C14H11BrClFO2/c15-11-2-1-9(13(16)6-11)8-19-14-4-3-12(17)5-10(14)7-18/h1-6,18H,7-8H2. The number of hydrogen-bond donors (Lipinski definition) is 1. The molecule has 2 aromatic rings. The molecule has 0 atom stereocenters. The van der Waals surface area contributed by atoms with Gasteiger partial charge in [0.1, 0.15) is 18.2 Å². The normalized spacial score (nSPS) is 10.5. The van der Waals surface area contributed by atoms with Crippen LogP contribution in [0, 0.1) is 5.82 Å². The first kappa shape index (κ1) is 14.3. The first-order valence-corrected chi connectivity index (χ1v) is 6.73. The van der Waals surface area contributed by atoms with Crippen molar-refractivity contribution in [2.24, 2.45) is 0 Å². The Bertz CT molecular complexity index is 590. The van der Waals surface area contributed by atoms with Crippen LogP contribution in [0.3, 0.4) is 0 Å². The second-order valence-corrected chi connectivity index (χ2v) is 5.26. The predicted octanol–water partition coefficient (Wildman–Crippen LogP) is 4.31. The number of rotatable bonds is 4. The molecule has 0 aliphatic heterocycles. The van der Waals surface area contributed by atoms with Gasteiger partial charge in [-0.3, -0.25) is 0 Å². The fraction of sp³-hybridized carbons (Fsp3) is 0.143. The van der Waals surface area contributed by atoms with Gasteiger partial charge in [0.2, 0.25) is 0 Å². The molecule has 0 fully saturated rings. The summed E-state index contributed by atoms with van der Waals surface area (Å²) in [6.45, 7) is -0.0219. The number of aliphatic hydroxyl groups is 1. The monoisotopic (exact) mass is 344 g/mol. The lowest BCUT2D eigenvalue weighted by molar-refractivity contribution is 0.258. The lowest BCUT2D eigenvalue weighted by Crippen LogP contribution is -2.00. The molecule has 2 aromatic carbocycles. The molecule has 0 bridgehead atoms. The van der Waals surface area contributed by atoms with Gasteiger partial charge in [-0.15, -0.1) is 0 Å². The molecule has 2 rings (SSSR count). The van der Waals surface area contributed by atoms with Crippen molar-refractivity contribution in [3.63, 3.8) is 0 Å². The Morgan fingerprint density at radius 2 is 1.95 bits per heavy atom. The van der Waals surface area contributed by atoms with Crippen LogP contribution in [0.4, 0.5) is 4.39 Å². The predicted molar refractivity (Wildman–Crippen MR) is 75.8 cm³/mol. The zero-order valence-corrected chi connectivity index (χ0v) is 12.2. The van der Waals surface area contributed by atoms with Gasteiger partial charge in [0.05, 0.1) is 6.61 Å². The summed E-state index contributed by atoms with van der Waals surface area (Å²) < 4.78 is 19.5. The summed E-state index contributed by atoms with van der Waals surface area (Å²) in [5.41, 5.74) is 1.23. The van der Waals surface area contributed by atoms with Gasteiger partial charge in [0.15, 0.2) is 0 Å². The lowest BCUT2D eigenvalue weighted by Gasteiger charge is -2.11. The van der Waals surface area contributed by atoms with Gasteiger partial charge in [-0.1, -0.05) is 33.6 Å². The molecule has 1 N–H and O–H groups in total. The molecule has 2 nitrogen and oxygen atoms in total. The van der Waals surface area contributed by atoms with E-state index in [0.717, 1.165) is 10.0 Å². The topological polar surface area (TPSA) is 29.5 Å². The Morgan fingerprint density at radius 1 is 1.16 bits per heavy atom. The van der Waals surface area contributed by atoms with Crippen LogP contribution in [-0.4, -0.2) is 5.11 Å². The summed E-state index contributed by atoms with van der Waals surface area (Å²) in [5, 5.41) is 9.74. The van der Waals surface area contributed by atoms with E-state index in [1.54, 1.807) is 6.07 Å². The van der Waals surface area contributed by atoms with E-state index >= 15 is 0 Å². The van der Waals surface area contributed by atoms with Crippen molar-refractivity contribution in [3.05, 3.63) is 62.8 Å². The average molecular weight is 346 g/mol. The van der Waals surface area contributed by atoms with Crippen LogP contribution >= 0.6 is 27.5 Å². The largest absolute Gasteiger partial charge is 0.488 e. The van der Waals surface area contributed by atoms with Crippen LogP contribution in [0.25, 0.3) is 0 Å². The Morgan fingerprint density at radius 3 is 2.63 bits per heavy atom. The number of aliphatic hydroxyl groups excluding tert-OH is 1. The first-order valence-electron chi connectivity index (χ1n) is 5.56. The lowest BCUT2D eigenvalue weighted by atomic mass is 10.2. The quantitative estimate of drug-likeness (QED) is 0.894. The van der Waals surface area contributed by atoms with Crippen LogP contribution in [-0.2, 0) is 13.2 Å². The van der Waals surface area contributed by atoms with Crippen LogP contribution in [0.2, 0.25) is 5.02 Å². The highest BCUT2D eigenvalue weighted by Crippen LogP contribution is 2.25. The van der Waals surface area contributed by atoms with Crippen LogP contribution in [0.5, 0.6) is 5.75 Å². The van der Waals surface area contributed by atoms with Gasteiger partial charge in [0, 0.05) is 20.6 Å². The fourth-order valence-corrected chi connectivity index (χ4v) is 2.33. The van der Waals surface area contributed by atoms with Crippen molar-refractivity contribution in [1.29, 1.82) is 0 Å². The van der Waals surface area contributed by atoms with E-state index in [2.05, 4.69) is 15.9 Å². The van der Waals surface area contributed by atoms with Gasteiger partial charge in [-0.05, 0) is 30.3 Å². The van der Waals surface area contributed by atoms with Gasteiger partial charge >= 0.3 is 0 Å². The van der Waals surface area contributed by atoms with Gasteiger partial charge in [-0.25, -0.2) is 4.39 Å². The van der Waals surface area contributed by atoms with E-state index in [1.807, 2.05) is 12.1 Å². The third-order valence-electron chi connectivity index (χ3n) is 2.59. The maximum atomic E-state index is 13.0. The maximum Gasteiger partial charge on any atom is 0.125 e. The van der Waals surface area contributed by atoms with E-state index in [9.17, 15) is 4.39 Å². The average Bonchev–Trinajstić information content (AvgIpc) is 2.39. The molecule has 5 heteroatoms.